The quantitative estimate of drug-likeness (QED) is 0.512. The molecule has 1 aromatic rings. The summed E-state index contributed by atoms with van der Waals surface area (Å²) >= 11 is 1.37. The van der Waals surface area contributed by atoms with Crippen molar-refractivity contribution in [2.24, 2.45) is 0 Å². The molecule has 2 amide bonds. The molecule has 1 heterocycles. The van der Waals surface area contributed by atoms with Crippen LogP contribution >= 0.6 is 11.8 Å². The number of carbonyl (C=O) groups excluding carboxylic acids is 2. The van der Waals surface area contributed by atoms with Crippen molar-refractivity contribution < 1.29 is 14.0 Å². The van der Waals surface area contributed by atoms with Gasteiger partial charge in [0.25, 0.3) is 0 Å². The lowest BCUT2D eigenvalue weighted by Crippen LogP contribution is -2.31. The van der Waals surface area contributed by atoms with Gasteiger partial charge in [-0.1, -0.05) is 0 Å². The van der Waals surface area contributed by atoms with E-state index < -0.39 is 0 Å². The van der Waals surface area contributed by atoms with Crippen LogP contribution in [0, 0.1) is 5.82 Å². The molecule has 4 nitrogen and oxygen atoms in total. The van der Waals surface area contributed by atoms with Gasteiger partial charge in [-0.25, -0.2) is 4.39 Å². The summed E-state index contributed by atoms with van der Waals surface area (Å²) in [6, 6.07) is 4.30. The van der Waals surface area contributed by atoms with Gasteiger partial charge in [0.15, 0.2) is 0 Å². The lowest BCUT2D eigenvalue weighted by molar-refractivity contribution is -0.137. The average Bonchev–Trinajstić information content (AvgIpc) is 2.59. The number of anilines is 1. The number of hydrogen-bond donors (Lipinski definition) is 1. The van der Waals surface area contributed by atoms with E-state index in [-0.39, 0.29) is 17.6 Å². The molecule has 6 heteroatoms. The highest BCUT2D eigenvalue weighted by Crippen LogP contribution is 2.23. The highest BCUT2D eigenvalue weighted by atomic mass is 32.2. The third-order valence-electron chi connectivity index (χ3n) is 2.63. The molecule has 0 aromatic heterocycles. The number of benzene rings is 1. The second kappa shape index (κ2) is 5.39. The zero-order valence-corrected chi connectivity index (χ0v) is 10.5. The summed E-state index contributed by atoms with van der Waals surface area (Å²) < 4.78 is 13.1. The number of rotatable bonds is 4. The first-order chi connectivity index (χ1) is 8.56. The third kappa shape index (κ3) is 3.01. The molecule has 0 saturated carbocycles. The number of thioether (sulfide) groups is 1. The number of nitrogen functional groups attached to an aromatic ring is 1. The van der Waals surface area contributed by atoms with Gasteiger partial charge in [-0.3, -0.25) is 14.5 Å². The summed E-state index contributed by atoms with van der Waals surface area (Å²) in [5.74, 6) is -0.0927. The molecule has 0 aliphatic carbocycles. The minimum atomic E-state index is -0.383. The van der Waals surface area contributed by atoms with Crippen molar-refractivity contribution in [3.63, 3.8) is 0 Å². The lowest BCUT2D eigenvalue weighted by Gasteiger charge is -2.13. The topological polar surface area (TPSA) is 63.4 Å². The van der Waals surface area contributed by atoms with Crippen molar-refractivity contribution in [3.8, 4) is 0 Å². The first-order valence-electron chi connectivity index (χ1n) is 5.58. The summed E-state index contributed by atoms with van der Waals surface area (Å²) in [4.78, 5) is 24.7. The fraction of sp³-hybridized carbons (Fsp3) is 0.333. The molecular weight excluding hydrogens is 255 g/mol. The molecular formula is C12H13FN2O2S. The standard InChI is InChI=1S/C12H13FN2O2S/c13-8-5-9(14)7-10(6-8)18-4-3-15-11(16)1-2-12(15)17/h5-7H,1-4,14H2. The van der Waals surface area contributed by atoms with Crippen LogP contribution in [-0.4, -0.2) is 29.0 Å². The Morgan fingerprint density at radius 3 is 2.50 bits per heavy atom. The molecule has 1 aliphatic rings. The molecule has 0 unspecified atom stereocenters. The number of likely N-dealkylation sites (tertiary alicyclic amines) is 1. The Bertz CT molecular complexity index is 457. The van der Waals surface area contributed by atoms with E-state index in [9.17, 15) is 14.0 Å². The SMILES string of the molecule is Nc1cc(F)cc(SCCN2C(=O)CCC2=O)c1. The molecule has 0 bridgehead atoms. The first kappa shape index (κ1) is 12.9. The van der Waals surface area contributed by atoms with Crippen LogP contribution < -0.4 is 5.73 Å². The Kier molecular flexibility index (Phi) is 3.86. The highest BCUT2D eigenvalue weighted by Gasteiger charge is 2.27. The van der Waals surface area contributed by atoms with Crippen LogP contribution in [0.4, 0.5) is 10.1 Å². The molecule has 0 spiro atoms. The Morgan fingerprint density at radius 1 is 1.22 bits per heavy atom. The van der Waals surface area contributed by atoms with Gasteiger partial charge in [0.2, 0.25) is 11.8 Å². The number of nitrogens with two attached hydrogens (primary N) is 1. The highest BCUT2D eigenvalue weighted by molar-refractivity contribution is 7.99. The number of hydrogen-bond acceptors (Lipinski definition) is 4. The van der Waals surface area contributed by atoms with E-state index in [2.05, 4.69) is 0 Å². The van der Waals surface area contributed by atoms with E-state index in [1.807, 2.05) is 0 Å². The van der Waals surface area contributed by atoms with Crippen LogP contribution in [0.5, 0.6) is 0 Å². The minimum Gasteiger partial charge on any atom is -0.399 e. The van der Waals surface area contributed by atoms with Crippen molar-refractivity contribution in [2.45, 2.75) is 17.7 Å². The maximum Gasteiger partial charge on any atom is 0.229 e. The smallest absolute Gasteiger partial charge is 0.229 e. The van der Waals surface area contributed by atoms with Gasteiger partial charge in [0.1, 0.15) is 5.82 Å². The number of carbonyl (C=O) groups is 2. The van der Waals surface area contributed by atoms with Gasteiger partial charge in [-0.15, -0.1) is 11.8 Å². The van der Waals surface area contributed by atoms with Crippen LogP contribution in [-0.2, 0) is 9.59 Å². The van der Waals surface area contributed by atoms with Crippen LogP contribution in [0.25, 0.3) is 0 Å². The summed E-state index contributed by atoms with van der Waals surface area (Å²) in [5, 5.41) is 0. The van der Waals surface area contributed by atoms with E-state index >= 15 is 0 Å². The maximum atomic E-state index is 13.1. The summed E-state index contributed by atoms with van der Waals surface area (Å²) in [6.45, 7) is 0.360. The van der Waals surface area contributed by atoms with Gasteiger partial charge in [0, 0.05) is 35.7 Å². The molecule has 1 aliphatic heterocycles. The zero-order chi connectivity index (χ0) is 13.1. The third-order valence-corrected chi connectivity index (χ3v) is 3.59. The second-order valence-electron chi connectivity index (χ2n) is 4.01. The van der Waals surface area contributed by atoms with Crippen molar-refractivity contribution in [3.05, 3.63) is 24.0 Å². The molecule has 2 rings (SSSR count). The van der Waals surface area contributed by atoms with Gasteiger partial charge in [-0.05, 0) is 18.2 Å². The largest absolute Gasteiger partial charge is 0.399 e. The van der Waals surface area contributed by atoms with Gasteiger partial charge < -0.3 is 5.73 Å². The molecule has 1 aromatic carbocycles. The number of imide groups is 1. The predicted molar refractivity (Wildman–Crippen MR) is 67.5 cm³/mol. The van der Waals surface area contributed by atoms with Gasteiger partial charge in [-0.2, -0.15) is 0 Å². The van der Waals surface area contributed by atoms with Crippen molar-refractivity contribution in [2.75, 3.05) is 18.0 Å². The summed E-state index contributed by atoms with van der Waals surface area (Å²) in [6.07, 6.45) is 0.604. The summed E-state index contributed by atoms with van der Waals surface area (Å²) in [7, 11) is 0. The van der Waals surface area contributed by atoms with E-state index in [0.29, 0.717) is 35.7 Å². The lowest BCUT2D eigenvalue weighted by atomic mass is 10.3. The minimum absolute atomic E-state index is 0.126. The number of amides is 2. The number of nitrogens with zero attached hydrogens (tertiary/aromatic N) is 1. The zero-order valence-electron chi connectivity index (χ0n) is 9.69. The first-order valence-corrected chi connectivity index (χ1v) is 6.57. The van der Waals surface area contributed by atoms with Crippen LogP contribution in [0.3, 0.4) is 0 Å². The Labute approximate surface area is 108 Å². The normalized spacial score (nSPS) is 15.5. The van der Waals surface area contributed by atoms with Gasteiger partial charge in [0.05, 0.1) is 0 Å². The van der Waals surface area contributed by atoms with Crippen molar-refractivity contribution in [1.29, 1.82) is 0 Å². The number of halogens is 1. The van der Waals surface area contributed by atoms with Gasteiger partial charge >= 0.3 is 0 Å². The van der Waals surface area contributed by atoms with Crippen LogP contribution in [0.2, 0.25) is 0 Å². The fourth-order valence-electron chi connectivity index (χ4n) is 1.79. The average molecular weight is 268 g/mol. The van der Waals surface area contributed by atoms with E-state index in [1.165, 1.54) is 28.8 Å². The Hall–Kier alpha value is -1.56. The summed E-state index contributed by atoms with van der Waals surface area (Å²) in [5.41, 5.74) is 5.89. The van der Waals surface area contributed by atoms with Crippen molar-refractivity contribution in [1.82, 2.24) is 4.90 Å². The Morgan fingerprint density at radius 2 is 1.89 bits per heavy atom. The van der Waals surface area contributed by atoms with E-state index in [0.717, 1.165) is 0 Å². The van der Waals surface area contributed by atoms with Crippen molar-refractivity contribution >= 4 is 29.3 Å². The molecule has 0 radical (unpaired) electrons. The van der Waals surface area contributed by atoms with Crippen LogP contribution in [0.15, 0.2) is 23.1 Å². The van der Waals surface area contributed by atoms with E-state index in [4.69, 9.17) is 5.73 Å². The molecule has 96 valence electrons. The molecule has 1 fully saturated rings. The van der Waals surface area contributed by atoms with E-state index in [1.54, 1.807) is 6.07 Å². The predicted octanol–water partition coefficient (Wildman–Crippen LogP) is 1.65. The fourth-order valence-corrected chi connectivity index (χ4v) is 2.72. The molecule has 0 atom stereocenters. The Balaban J connectivity index is 1.88. The second-order valence-corrected chi connectivity index (χ2v) is 5.18. The molecule has 1 saturated heterocycles. The van der Waals surface area contributed by atoms with Crippen LogP contribution in [0.1, 0.15) is 12.8 Å². The molecule has 18 heavy (non-hydrogen) atoms. The monoisotopic (exact) mass is 268 g/mol. The molecule has 2 N–H and O–H groups in total. The maximum absolute atomic E-state index is 13.1.